The van der Waals surface area contributed by atoms with E-state index in [-0.39, 0.29) is 0 Å². The van der Waals surface area contributed by atoms with Gasteiger partial charge in [-0.1, -0.05) is 108 Å². The van der Waals surface area contributed by atoms with Crippen LogP contribution in [0, 0.1) is 19.3 Å². The van der Waals surface area contributed by atoms with Crippen LogP contribution in [0.15, 0.2) is 103 Å². The van der Waals surface area contributed by atoms with Crippen molar-refractivity contribution in [2.75, 3.05) is 0 Å². The van der Waals surface area contributed by atoms with Crippen molar-refractivity contribution in [3.8, 4) is 22.3 Å². The van der Waals surface area contributed by atoms with Crippen LogP contribution in [-0.2, 0) is 0 Å². The average Bonchev–Trinajstić information content (AvgIpc) is 2.80. The number of hydrogen-bond donors (Lipinski definition) is 2. The molecule has 0 unspecified atom stereocenters. The van der Waals surface area contributed by atoms with Crippen LogP contribution in [0.3, 0.4) is 0 Å². The van der Waals surface area contributed by atoms with Gasteiger partial charge in [0.05, 0.1) is 5.71 Å². The first-order valence-electron chi connectivity index (χ1n) is 10.4. The number of benzene rings is 4. The Morgan fingerprint density at radius 2 is 0.871 bits per heavy atom. The third kappa shape index (κ3) is 4.81. The highest BCUT2D eigenvalue weighted by molar-refractivity contribution is 6.10. The van der Waals surface area contributed by atoms with E-state index in [2.05, 4.69) is 86.6 Å². The van der Waals surface area contributed by atoms with E-state index in [0.717, 1.165) is 22.3 Å². The Labute approximate surface area is 184 Å². The van der Waals surface area contributed by atoms with Gasteiger partial charge in [-0.05, 0) is 53.3 Å². The van der Waals surface area contributed by atoms with Crippen molar-refractivity contribution in [3.63, 3.8) is 0 Å². The third-order valence-corrected chi connectivity index (χ3v) is 5.48. The maximum Gasteiger partial charge on any atom is 0.0632 e. The summed E-state index contributed by atoms with van der Waals surface area (Å²) in [7, 11) is 0. The normalized spacial score (nSPS) is 11.4. The molecule has 0 saturated carbocycles. The summed E-state index contributed by atoms with van der Waals surface area (Å²) in [5.74, 6) is 0. The number of nitrogens with two attached hydrogens (primary N) is 1. The molecule has 0 atom stereocenters. The highest BCUT2D eigenvalue weighted by Crippen LogP contribution is 2.23. The summed E-state index contributed by atoms with van der Waals surface area (Å²) in [5, 5.41) is 8.45. The highest BCUT2D eigenvalue weighted by atomic mass is 14.6. The van der Waals surface area contributed by atoms with E-state index < -0.39 is 0 Å². The monoisotopic (exact) mass is 402 g/mol. The zero-order chi connectivity index (χ0) is 21.8. The number of aryl methyl sites for hydroxylation is 2. The summed E-state index contributed by atoms with van der Waals surface area (Å²) in [6.45, 7) is 4.17. The molecular weight excluding hydrogens is 376 g/mol. The fourth-order valence-corrected chi connectivity index (χ4v) is 3.51. The summed E-state index contributed by atoms with van der Waals surface area (Å²) in [4.78, 5) is 0. The van der Waals surface area contributed by atoms with E-state index >= 15 is 0 Å². The Bertz CT molecular complexity index is 1210. The average molecular weight is 403 g/mol. The van der Waals surface area contributed by atoms with Gasteiger partial charge in [0, 0.05) is 5.70 Å². The predicted molar refractivity (Wildman–Crippen MR) is 132 cm³/mol. The van der Waals surface area contributed by atoms with Gasteiger partial charge in [-0.15, -0.1) is 0 Å². The van der Waals surface area contributed by atoms with Crippen molar-refractivity contribution >= 4 is 11.4 Å². The van der Waals surface area contributed by atoms with Crippen LogP contribution in [-0.4, -0.2) is 5.71 Å². The van der Waals surface area contributed by atoms with Crippen molar-refractivity contribution < 1.29 is 0 Å². The lowest BCUT2D eigenvalue weighted by Crippen LogP contribution is -2.02. The zero-order valence-electron chi connectivity index (χ0n) is 17.9. The quantitative estimate of drug-likeness (QED) is 0.347. The van der Waals surface area contributed by atoms with Gasteiger partial charge in [0.25, 0.3) is 0 Å². The van der Waals surface area contributed by atoms with Crippen molar-refractivity contribution in [2.24, 2.45) is 5.73 Å². The van der Waals surface area contributed by atoms with Crippen LogP contribution < -0.4 is 5.73 Å². The van der Waals surface area contributed by atoms with Crippen molar-refractivity contribution in [1.29, 1.82) is 5.41 Å². The van der Waals surface area contributed by atoms with Crippen LogP contribution in [0.1, 0.15) is 22.3 Å². The Morgan fingerprint density at radius 3 is 1.26 bits per heavy atom. The molecule has 0 aliphatic carbocycles. The molecule has 4 rings (SSSR count). The standard InChI is InChI=1S/C29H26N2/c1-20-3-7-22(8-4-20)24-11-15-26(16-12-24)28(30)19-29(31)27-17-13-25(14-18-27)23-9-5-21(2)6-10-23/h3-19,30H,31H2,1-2H3/b29-19-,30-28?. The number of allylic oxidation sites excluding steroid dienone is 1. The molecule has 0 heterocycles. The minimum Gasteiger partial charge on any atom is -0.398 e. The molecule has 0 fully saturated rings. The number of hydrogen-bond acceptors (Lipinski definition) is 2. The molecule has 0 bridgehead atoms. The molecular formula is C29H26N2. The van der Waals surface area contributed by atoms with E-state index in [1.807, 2.05) is 24.3 Å². The molecule has 31 heavy (non-hydrogen) atoms. The summed E-state index contributed by atoms with van der Waals surface area (Å²) in [6, 6.07) is 33.1. The van der Waals surface area contributed by atoms with Gasteiger partial charge in [0.1, 0.15) is 0 Å². The Morgan fingerprint density at radius 1 is 0.548 bits per heavy atom. The third-order valence-electron chi connectivity index (χ3n) is 5.48. The van der Waals surface area contributed by atoms with Gasteiger partial charge in [0.2, 0.25) is 0 Å². The fraction of sp³-hybridized carbons (Fsp3) is 0.0690. The topological polar surface area (TPSA) is 49.9 Å². The van der Waals surface area contributed by atoms with Crippen molar-refractivity contribution in [3.05, 3.63) is 125 Å². The second-order valence-electron chi connectivity index (χ2n) is 7.90. The molecule has 0 saturated heterocycles. The Balaban J connectivity index is 1.49. The molecule has 152 valence electrons. The SMILES string of the molecule is Cc1ccc(-c2ccc(C(=N)/C=C(\N)c3ccc(-c4ccc(C)cc4)cc3)cc2)cc1. The lowest BCUT2D eigenvalue weighted by molar-refractivity contribution is 1.45. The minimum atomic E-state index is 0.399. The molecule has 0 spiro atoms. The zero-order valence-corrected chi connectivity index (χ0v) is 17.9. The van der Waals surface area contributed by atoms with Crippen LogP contribution in [0.4, 0.5) is 0 Å². The lowest BCUT2D eigenvalue weighted by Gasteiger charge is -2.07. The van der Waals surface area contributed by atoms with Crippen molar-refractivity contribution in [2.45, 2.75) is 13.8 Å². The molecule has 2 nitrogen and oxygen atoms in total. The largest absolute Gasteiger partial charge is 0.398 e. The number of nitrogens with one attached hydrogen (secondary N) is 1. The molecule has 4 aromatic rings. The maximum atomic E-state index is 8.45. The maximum absolute atomic E-state index is 8.45. The molecule has 4 aromatic carbocycles. The lowest BCUT2D eigenvalue weighted by atomic mass is 9.99. The van der Waals surface area contributed by atoms with Crippen molar-refractivity contribution in [1.82, 2.24) is 0 Å². The van der Waals surface area contributed by atoms with Crippen LogP contribution >= 0.6 is 0 Å². The Kier molecular flexibility index (Phi) is 5.81. The van der Waals surface area contributed by atoms with Crippen LogP contribution in [0.2, 0.25) is 0 Å². The summed E-state index contributed by atoms with van der Waals surface area (Å²) in [5.41, 5.74) is 16.2. The first kappa shape index (κ1) is 20.4. The first-order chi connectivity index (χ1) is 15.0. The first-order valence-corrected chi connectivity index (χ1v) is 10.4. The van der Waals surface area contributed by atoms with Crippen LogP contribution in [0.25, 0.3) is 28.0 Å². The van der Waals surface area contributed by atoms with Gasteiger partial charge >= 0.3 is 0 Å². The van der Waals surface area contributed by atoms with Gasteiger partial charge in [-0.25, -0.2) is 0 Å². The minimum absolute atomic E-state index is 0.399. The van der Waals surface area contributed by atoms with Gasteiger partial charge in [-0.2, -0.15) is 0 Å². The molecule has 0 aromatic heterocycles. The van der Waals surface area contributed by atoms with E-state index in [1.54, 1.807) is 6.08 Å². The summed E-state index contributed by atoms with van der Waals surface area (Å²) < 4.78 is 0. The van der Waals surface area contributed by atoms with Gasteiger partial charge in [-0.3, -0.25) is 0 Å². The Hall–Kier alpha value is -3.91. The highest BCUT2D eigenvalue weighted by Gasteiger charge is 2.05. The molecule has 3 N–H and O–H groups in total. The van der Waals surface area contributed by atoms with E-state index in [4.69, 9.17) is 11.1 Å². The van der Waals surface area contributed by atoms with Crippen LogP contribution in [0.5, 0.6) is 0 Å². The molecule has 0 aliphatic heterocycles. The van der Waals surface area contributed by atoms with E-state index in [1.165, 1.54) is 22.3 Å². The predicted octanol–water partition coefficient (Wildman–Crippen LogP) is 7.01. The molecule has 0 radical (unpaired) electrons. The smallest absolute Gasteiger partial charge is 0.0632 e. The van der Waals surface area contributed by atoms with Gasteiger partial charge < -0.3 is 11.1 Å². The molecule has 2 heteroatoms. The summed E-state index contributed by atoms with van der Waals surface area (Å²) >= 11 is 0. The number of rotatable bonds is 5. The molecule has 0 amide bonds. The second-order valence-corrected chi connectivity index (χ2v) is 7.90. The second kappa shape index (κ2) is 8.85. The summed E-state index contributed by atoms with van der Waals surface area (Å²) in [6.07, 6.45) is 1.72. The molecule has 0 aliphatic rings. The van der Waals surface area contributed by atoms with Gasteiger partial charge in [0.15, 0.2) is 0 Å². The fourth-order valence-electron chi connectivity index (χ4n) is 3.51. The van der Waals surface area contributed by atoms with E-state index in [9.17, 15) is 0 Å². The van der Waals surface area contributed by atoms with E-state index in [0.29, 0.717) is 11.4 Å².